The Balaban J connectivity index is 1.75. The predicted molar refractivity (Wildman–Crippen MR) is 103 cm³/mol. The lowest BCUT2D eigenvalue weighted by molar-refractivity contribution is -0.142. The molecule has 0 aliphatic carbocycles. The molecule has 0 saturated heterocycles. The molecule has 2 aromatic rings. The molecule has 0 atom stereocenters. The molecule has 144 valence electrons. The second-order valence-electron chi connectivity index (χ2n) is 5.89. The van der Waals surface area contributed by atoms with Gasteiger partial charge in [0.25, 0.3) is 0 Å². The number of para-hydroxylation sites is 1. The summed E-state index contributed by atoms with van der Waals surface area (Å²) in [6.45, 7) is 1.73. The van der Waals surface area contributed by atoms with Crippen LogP contribution in [0.25, 0.3) is 0 Å². The molecule has 1 aromatic heterocycles. The minimum Gasteiger partial charge on any atom is -0.496 e. The summed E-state index contributed by atoms with van der Waals surface area (Å²) in [5, 5.41) is 2.71. The van der Waals surface area contributed by atoms with Gasteiger partial charge in [0.2, 0.25) is 11.7 Å². The van der Waals surface area contributed by atoms with Crippen LogP contribution in [0.15, 0.2) is 36.4 Å². The number of hydrogen-bond acceptors (Lipinski definition) is 6. The Kier molecular flexibility index (Phi) is 8.00. The highest BCUT2D eigenvalue weighted by Crippen LogP contribution is 2.20. The third kappa shape index (κ3) is 6.86. The van der Waals surface area contributed by atoms with Crippen LogP contribution in [0.1, 0.15) is 33.5 Å². The standard InChI is InChI=1S/C20H23NO5S/c1-14(22)21-12-11-16-8-9-19(27-16)17(23)13-26-20(24)10-7-15-5-3-4-6-18(15)25-2/h3-6,8-9H,7,10-13H2,1-2H3,(H,21,22). The van der Waals surface area contributed by atoms with E-state index in [9.17, 15) is 14.4 Å². The molecule has 0 spiro atoms. The molecule has 0 unspecified atom stereocenters. The quantitative estimate of drug-likeness (QED) is 0.499. The minimum absolute atomic E-state index is 0.0807. The second kappa shape index (κ2) is 10.5. The summed E-state index contributed by atoms with van der Waals surface area (Å²) in [4.78, 5) is 36.5. The van der Waals surface area contributed by atoms with E-state index in [1.165, 1.54) is 18.3 Å². The highest BCUT2D eigenvalue weighted by molar-refractivity contribution is 7.14. The van der Waals surface area contributed by atoms with Crippen molar-refractivity contribution in [2.24, 2.45) is 0 Å². The molecule has 0 bridgehead atoms. The van der Waals surface area contributed by atoms with E-state index in [4.69, 9.17) is 9.47 Å². The monoisotopic (exact) mass is 389 g/mol. The number of rotatable bonds is 10. The summed E-state index contributed by atoms with van der Waals surface area (Å²) in [5.41, 5.74) is 0.922. The van der Waals surface area contributed by atoms with E-state index >= 15 is 0 Å². The molecule has 2 rings (SSSR count). The van der Waals surface area contributed by atoms with Crippen LogP contribution in [-0.2, 0) is 27.2 Å². The third-order valence-electron chi connectivity index (χ3n) is 3.84. The molecule has 0 aliphatic rings. The lowest BCUT2D eigenvalue weighted by Gasteiger charge is -2.07. The van der Waals surface area contributed by atoms with Crippen molar-refractivity contribution < 1.29 is 23.9 Å². The van der Waals surface area contributed by atoms with E-state index in [1.807, 2.05) is 30.3 Å². The van der Waals surface area contributed by atoms with Gasteiger partial charge in [-0.2, -0.15) is 0 Å². The van der Waals surface area contributed by atoms with Crippen LogP contribution in [0.3, 0.4) is 0 Å². The average Bonchev–Trinajstić information content (AvgIpc) is 3.13. The van der Waals surface area contributed by atoms with Crippen LogP contribution in [0.2, 0.25) is 0 Å². The van der Waals surface area contributed by atoms with Crippen molar-refractivity contribution in [1.29, 1.82) is 0 Å². The smallest absolute Gasteiger partial charge is 0.306 e. The van der Waals surface area contributed by atoms with Crippen LogP contribution < -0.4 is 10.1 Å². The molecule has 6 nitrogen and oxygen atoms in total. The first kappa shape index (κ1) is 20.6. The van der Waals surface area contributed by atoms with Crippen molar-refractivity contribution in [3.8, 4) is 5.75 Å². The van der Waals surface area contributed by atoms with Crippen molar-refractivity contribution >= 4 is 29.0 Å². The number of carbonyl (C=O) groups is 3. The fourth-order valence-corrected chi connectivity index (χ4v) is 3.39. The Morgan fingerprint density at radius 3 is 2.59 bits per heavy atom. The zero-order valence-electron chi connectivity index (χ0n) is 15.4. The molecular formula is C20H23NO5S. The minimum atomic E-state index is -0.420. The van der Waals surface area contributed by atoms with Gasteiger partial charge >= 0.3 is 5.97 Å². The Labute approximate surface area is 162 Å². The number of nitrogens with one attached hydrogen (secondary N) is 1. The van der Waals surface area contributed by atoms with Crippen molar-refractivity contribution in [3.05, 3.63) is 51.7 Å². The van der Waals surface area contributed by atoms with Crippen LogP contribution in [0.5, 0.6) is 5.75 Å². The first-order valence-corrected chi connectivity index (χ1v) is 9.45. The van der Waals surface area contributed by atoms with Crippen LogP contribution in [0, 0.1) is 0 Å². The Morgan fingerprint density at radius 1 is 1.07 bits per heavy atom. The number of esters is 1. The number of methoxy groups -OCH3 is 1. The number of benzene rings is 1. The van der Waals surface area contributed by atoms with E-state index in [-0.39, 0.29) is 24.7 Å². The number of amides is 1. The Hall–Kier alpha value is -2.67. The number of Topliss-reactive ketones (excluding diaryl/α,β-unsaturated/α-hetero) is 1. The van der Waals surface area contributed by atoms with Gasteiger partial charge in [-0.1, -0.05) is 18.2 Å². The van der Waals surface area contributed by atoms with Crippen molar-refractivity contribution in [2.45, 2.75) is 26.2 Å². The lowest BCUT2D eigenvalue weighted by atomic mass is 10.1. The number of aryl methyl sites for hydroxylation is 1. The van der Waals surface area contributed by atoms with Gasteiger partial charge in [-0.25, -0.2) is 0 Å². The molecule has 1 aromatic carbocycles. The molecule has 1 amide bonds. The fourth-order valence-electron chi connectivity index (χ4n) is 2.46. The maximum Gasteiger partial charge on any atom is 0.306 e. The van der Waals surface area contributed by atoms with E-state index in [1.54, 1.807) is 13.2 Å². The second-order valence-corrected chi connectivity index (χ2v) is 7.06. The van der Waals surface area contributed by atoms with Crippen LogP contribution >= 0.6 is 11.3 Å². The van der Waals surface area contributed by atoms with Crippen LogP contribution in [0.4, 0.5) is 0 Å². The van der Waals surface area contributed by atoms with Gasteiger partial charge < -0.3 is 14.8 Å². The molecular weight excluding hydrogens is 366 g/mol. The van der Waals surface area contributed by atoms with Crippen LogP contribution in [-0.4, -0.2) is 37.9 Å². The van der Waals surface area contributed by atoms with E-state index in [2.05, 4.69) is 5.32 Å². The summed E-state index contributed by atoms with van der Waals surface area (Å²) < 4.78 is 10.3. The van der Waals surface area contributed by atoms with E-state index < -0.39 is 5.97 Å². The summed E-state index contributed by atoms with van der Waals surface area (Å²) in [5.74, 6) is 0.00255. The largest absolute Gasteiger partial charge is 0.496 e. The topological polar surface area (TPSA) is 81.7 Å². The Morgan fingerprint density at radius 2 is 1.85 bits per heavy atom. The lowest BCUT2D eigenvalue weighted by Crippen LogP contribution is -2.22. The molecule has 0 fully saturated rings. The Bertz CT molecular complexity index is 799. The van der Waals surface area contributed by atoms with Gasteiger partial charge in [0.05, 0.1) is 12.0 Å². The van der Waals surface area contributed by atoms with Crippen molar-refractivity contribution in [1.82, 2.24) is 5.32 Å². The zero-order chi connectivity index (χ0) is 19.6. The third-order valence-corrected chi connectivity index (χ3v) is 5.02. The van der Waals surface area contributed by atoms with Crippen molar-refractivity contribution in [2.75, 3.05) is 20.3 Å². The van der Waals surface area contributed by atoms with Crippen molar-refractivity contribution in [3.63, 3.8) is 0 Å². The summed E-state index contributed by atoms with van der Waals surface area (Å²) in [7, 11) is 1.58. The van der Waals surface area contributed by atoms with Gasteiger partial charge in [-0.3, -0.25) is 14.4 Å². The van der Waals surface area contributed by atoms with Gasteiger partial charge in [0.15, 0.2) is 6.61 Å². The van der Waals surface area contributed by atoms with Gasteiger partial charge in [-0.05, 0) is 36.6 Å². The fraction of sp³-hybridized carbons (Fsp3) is 0.350. The molecule has 7 heteroatoms. The molecule has 0 radical (unpaired) electrons. The maximum absolute atomic E-state index is 12.2. The molecule has 0 saturated carbocycles. The first-order chi connectivity index (χ1) is 13.0. The highest BCUT2D eigenvalue weighted by atomic mass is 32.1. The summed E-state index contributed by atoms with van der Waals surface area (Å²) in [6.07, 6.45) is 1.33. The predicted octanol–water partition coefficient (Wildman–Crippen LogP) is 2.79. The zero-order valence-corrected chi connectivity index (χ0v) is 16.3. The number of carbonyl (C=O) groups excluding carboxylic acids is 3. The maximum atomic E-state index is 12.2. The van der Waals surface area contributed by atoms with E-state index in [0.29, 0.717) is 24.3 Å². The van der Waals surface area contributed by atoms with Gasteiger partial charge in [0.1, 0.15) is 5.75 Å². The molecule has 1 heterocycles. The van der Waals surface area contributed by atoms with Gasteiger partial charge in [-0.15, -0.1) is 11.3 Å². The molecule has 1 N–H and O–H groups in total. The molecule has 27 heavy (non-hydrogen) atoms. The molecule has 0 aliphatic heterocycles. The number of hydrogen-bond donors (Lipinski definition) is 1. The van der Waals surface area contributed by atoms with E-state index in [0.717, 1.165) is 16.2 Å². The summed E-state index contributed by atoms with van der Waals surface area (Å²) in [6, 6.07) is 11.1. The number of ether oxygens (including phenoxy) is 2. The summed E-state index contributed by atoms with van der Waals surface area (Å²) >= 11 is 1.35. The normalized spacial score (nSPS) is 10.3. The van der Waals surface area contributed by atoms with Gasteiger partial charge in [0, 0.05) is 24.8 Å². The number of ketones is 1. The average molecular weight is 389 g/mol. The SMILES string of the molecule is COc1ccccc1CCC(=O)OCC(=O)c1ccc(CCNC(C)=O)s1. The first-order valence-electron chi connectivity index (χ1n) is 8.63. The number of thiophene rings is 1. The highest BCUT2D eigenvalue weighted by Gasteiger charge is 2.13.